The van der Waals surface area contributed by atoms with E-state index in [-0.39, 0.29) is 11.8 Å². The van der Waals surface area contributed by atoms with Crippen molar-refractivity contribution in [2.45, 2.75) is 36.1 Å². The number of aryl methyl sites for hydroxylation is 1. The molecule has 0 atom stereocenters. The molecule has 1 N–H and O–H groups in total. The number of anilines is 2. The summed E-state index contributed by atoms with van der Waals surface area (Å²) in [6.07, 6.45) is 6.06. The predicted octanol–water partition coefficient (Wildman–Crippen LogP) is 5.05. The lowest BCUT2D eigenvalue weighted by molar-refractivity contribution is -0.120. The van der Waals surface area contributed by atoms with Crippen LogP contribution in [0, 0.1) is 5.92 Å². The van der Waals surface area contributed by atoms with E-state index in [0.717, 1.165) is 53.8 Å². The number of aromatic nitrogens is 2. The van der Waals surface area contributed by atoms with Gasteiger partial charge in [0.2, 0.25) is 5.91 Å². The van der Waals surface area contributed by atoms with Crippen LogP contribution in [0.3, 0.4) is 0 Å². The molecule has 0 saturated carbocycles. The summed E-state index contributed by atoms with van der Waals surface area (Å²) in [6.45, 7) is 3.72. The number of carbonyl (C=O) groups excluding carboxylic acids is 1. The number of benzene rings is 2. The van der Waals surface area contributed by atoms with E-state index < -0.39 is 0 Å². The van der Waals surface area contributed by atoms with Gasteiger partial charge in [-0.05, 0) is 49.1 Å². The van der Waals surface area contributed by atoms with Gasteiger partial charge in [-0.25, -0.2) is 9.97 Å². The Bertz CT molecular complexity index is 987. The van der Waals surface area contributed by atoms with Crippen molar-refractivity contribution in [3.8, 4) is 0 Å². The SMILES string of the molecule is CCc1cccc(NC(=O)C2CCN(c3nccnc3Sc3ccccc3)CC2)c1. The largest absolute Gasteiger partial charge is 0.354 e. The molecular weight excluding hydrogens is 392 g/mol. The van der Waals surface area contributed by atoms with Crippen molar-refractivity contribution in [2.24, 2.45) is 5.92 Å². The van der Waals surface area contributed by atoms with Gasteiger partial charge in [0.15, 0.2) is 5.82 Å². The maximum atomic E-state index is 12.8. The normalized spacial score (nSPS) is 14.5. The van der Waals surface area contributed by atoms with Gasteiger partial charge in [-0.1, -0.05) is 49.0 Å². The first kappa shape index (κ1) is 20.4. The molecule has 1 fully saturated rings. The summed E-state index contributed by atoms with van der Waals surface area (Å²) < 4.78 is 0. The van der Waals surface area contributed by atoms with Crippen LogP contribution in [0.1, 0.15) is 25.3 Å². The minimum atomic E-state index is 0.0217. The third-order valence-corrected chi connectivity index (χ3v) is 6.36. The number of nitrogens with one attached hydrogen (secondary N) is 1. The number of piperidine rings is 1. The Hall–Kier alpha value is -2.86. The lowest BCUT2D eigenvalue weighted by atomic mass is 9.95. The van der Waals surface area contributed by atoms with E-state index in [1.54, 1.807) is 24.2 Å². The summed E-state index contributed by atoms with van der Waals surface area (Å²) in [6, 6.07) is 18.3. The van der Waals surface area contributed by atoms with Crippen molar-refractivity contribution in [3.05, 3.63) is 72.6 Å². The van der Waals surface area contributed by atoms with Gasteiger partial charge in [0.1, 0.15) is 5.03 Å². The van der Waals surface area contributed by atoms with E-state index in [1.165, 1.54) is 5.56 Å². The summed E-state index contributed by atoms with van der Waals surface area (Å²) in [5, 5.41) is 4.00. The van der Waals surface area contributed by atoms with Crippen molar-refractivity contribution in [3.63, 3.8) is 0 Å². The molecule has 2 aromatic carbocycles. The van der Waals surface area contributed by atoms with E-state index in [4.69, 9.17) is 0 Å². The molecule has 0 radical (unpaired) electrons. The first-order valence-electron chi connectivity index (χ1n) is 10.4. The zero-order valence-electron chi connectivity index (χ0n) is 17.1. The molecule has 154 valence electrons. The van der Waals surface area contributed by atoms with Gasteiger partial charge >= 0.3 is 0 Å². The predicted molar refractivity (Wildman–Crippen MR) is 122 cm³/mol. The number of hydrogen-bond donors (Lipinski definition) is 1. The summed E-state index contributed by atoms with van der Waals surface area (Å²) in [5.41, 5.74) is 2.12. The van der Waals surface area contributed by atoms with E-state index in [1.807, 2.05) is 30.3 Å². The van der Waals surface area contributed by atoms with Gasteiger partial charge in [-0.2, -0.15) is 0 Å². The van der Waals surface area contributed by atoms with Crippen LogP contribution in [0.15, 0.2) is 76.9 Å². The fraction of sp³-hybridized carbons (Fsp3) is 0.292. The molecule has 30 heavy (non-hydrogen) atoms. The molecule has 2 heterocycles. The molecular formula is C24H26N4OS. The van der Waals surface area contributed by atoms with E-state index in [2.05, 4.69) is 51.4 Å². The minimum absolute atomic E-state index is 0.0217. The summed E-state index contributed by atoms with van der Waals surface area (Å²) in [7, 11) is 0. The summed E-state index contributed by atoms with van der Waals surface area (Å²) in [4.78, 5) is 25.3. The van der Waals surface area contributed by atoms with Crippen LogP contribution in [-0.4, -0.2) is 29.0 Å². The Labute approximate surface area is 181 Å². The molecule has 6 heteroatoms. The Kier molecular flexibility index (Phi) is 6.64. The van der Waals surface area contributed by atoms with Gasteiger partial charge in [0.05, 0.1) is 0 Å². The van der Waals surface area contributed by atoms with E-state index in [9.17, 15) is 4.79 Å². The monoisotopic (exact) mass is 418 g/mol. The third kappa shape index (κ3) is 5.00. The van der Waals surface area contributed by atoms with Gasteiger partial charge in [0.25, 0.3) is 0 Å². The quantitative estimate of drug-likeness (QED) is 0.607. The van der Waals surface area contributed by atoms with Gasteiger partial charge in [0, 0.05) is 42.0 Å². The number of carbonyl (C=O) groups is 1. The lowest BCUT2D eigenvalue weighted by Crippen LogP contribution is -2.38. The van der Waals surface area contributed by atoms with Gasteiger partial charge < -0.3 is 10.2 Å². The smallest absolute Gasteiger partial charge is 0.227 e. The van der Waals surface area contributed by atoms with Crippen LogP contribution < -0.4 is 10.2 Å². The fourth-order valence-electron chi connectivity index (χ4n) is 3.67. The molecule has 4 rings (SSSR count). The number of hydrogen-bond acceptors (Lipinski definition) is 5. The average molecular weight is 419 g/mol. The molecule has 5 nitrogen and oxygen atoms in total. The Morgan fingerprint density at radius 1 is 1.07 bits per heavy atom. The second-order valence-electron chi connectivity index (χ2n) is 7.40. The van der Waals surface area contributed by atoms with Crippen LogP contribution in [0.4, 0.5) is 11.5 Å². The molecule has 1 saturated heterocycles. The maximum absolute atomic E-state index is 12.8. The highest BCUT2D eigenvalue weighted by Crippen LogP contribution is 2.33. The Morgan fingerprint density at radius 2 is 1.83 bits per heavy atom. The highest BCUT2D eigenvalue weighted by Gasteiger charge is 2.27. The van der Waals surface area contributed by atoms with Crippen LogP contribution in [0.5, 0.6) is 0 Å². The molecule has 1 aliphatic heterocycles. The Morgan fingerprint density at radius 3 is 2.60 bits per heavy atom. The first-order chi connectivity index (χ1) is 14.7. The van der Waals surface area contributed by atoms with Crippen LogP contribution in [-0.2, 0) is 11.2 Å². The Balaban J connectivity index is 1.38. The molecule has 1 amide bonds. The molecule has 1 aromatic heterocycles. The van der Waals surface area contributed by atoms with Crippen molar-refractivity contribution in [1.82, 2.24) is 9.97 Å². The third-order valence-electron chi connectivity index (χ3n) is 5.37. The van der Waals surface area contributed by atoms with Crippen molar-refractivity contribution in [2.75, 3.05) is 23.3 Å². The molecule has 0 unspecified atom stereocenters. The molecule has 0 spiro atoms. The fourth-order valence-corrected chi connectivity index (χ4v) is 4.58. The second-order valence-corrected chi connectivity index (χ2v) is 8.47. The minimum Gasteiger partial charge on any atom is -0.354 e. The van der Waals surface area contributed by atoms with Crippen LogP contribution >= 0.6 is 11.8 Å². The zero-order valence-corrected chi connectivity index (χ0v) is 17.9. The van der Waals surface area contributed by atoms with Crippen molar-refractivity contribution < 1.29 is 4.79 Å². The zero-order chi connectivity index (χ0) is 20.8. The summed E-state index contributed by atoms with van der Waals surface area (Å²) >= 11 is 1.63. The van der Waals surface area contributed by atoms with Crippen LogP contribution in [0.2, 0.25) is 0 Å². The molecule has 1 aliphatic rings. The second kappa shape index (κ2) is 9.76. The highest BCUT2D eigenvalue weighted by atomic mass is 32.2. The van der Waals surface area contributed by atoms with Gasteiger partial charge in [-0.3, -0.25) is 4.79 Å². The number of rotatable bonds is 6. The number of amides is 1. The topological polar surface area (TPSA) is 58.1 Å². The maximum Gasteiger partial charge on any atom is 0.227 e. The van der Waals surface area contributed by atoms with Gasteiger partial charge in [-0.15, -0.1) is 0 Å². The van der Waals surface area contributed by atoms with Crippen LogP contribution in [0.25, 0.3) is 0 Å². The molecule has 0 bridgehead atoms. The van der Waals surface area contributed by atoms with Crippen molar-refractivity contribution >= 4 is 29.2 Å². The summed E-state index contributed by atoms with van der Waals surface area (Å²) in [5.74, 6) is 1.04. The lowest BCUT2D eigenvalue weighted by Gasteiger charge is -2.32. The van der Waals surface area contributed by atoms with E-state index in [0.29, 0.717) is 0 Å². The molecule has 0 aliphatic carbocycles. The molecule has 3 aromatic rings. The number of nitrogens with zero attached hydrogens (tertiary/aromatic N) is 3. The average Bonchev–Trinajstić information content (AvgIpc) is 2.80. The first-order valence-corrected chi connectivity index (χ1v) is 11.2. The highest BCUT2D eigenvalue weighted by molar-refractivity contribution is 7.99. The van der Waals surface area contributed by atoms with E-state index >= 15 is 0 Å². The van der Waals surface area contributed by atoms with Crippen molar-refractivity contribution in [1.29, 1.82) is 0 Å². The standard InChI is InChI=1S/C24H26N4OS/c1-2-18-7-6-8-20(17-18)27-23(29)19-11-15-28(16-12-19)22-24(26-14-13-25-22)30-21-9-4-3-5-10-21/h3-10,13-14,17,19H,2,11-12,15-16H2,1H3,(H,27,29).